The molecule has 4 heterocycles. The molecule has 0 saturated carbocycles. The lowest BCUT2D eigenvalue weighted by Crippen LogP contribution is -2.33. The predicted molar refractivity (Wildman–Crippen MR) is 165 cm³/mol. The highest BCUT2D eigenvalue weighted by Crippen LogP contribution is 2.39. The minimum Gasteiger partial charge on any atom is -0.493 e. The van der Waals surface area contributed by atoms with Gasteiger partial charge >= 0.3 is 0 Å². The number of aliphatic hydroxyl groups is 1. The van der Waals surface area contributed by atoms with Crippen molar-refractivity contribution in [2.24, 2.45) is 0 Å². The van der Waals surface area contributed by atoms with E-state index in [9.17, 15) is 13.5 Å². The third-order valence-corrected chi connectivity index (χ3v) is 9.33. The van der Waals surface area contributed by atoms with Gasteiger partial charge in [-0.2, -0.15) is 4.98 Å². The highest BCUT2D eigenvalue weighted by molar-refractivity contribution is 7.90. The van der Waals surface area contributed by atoms with Crippen molar-refractivity contribution < 1.29 is 27.7 Å². The Labute approximate surface area is 254 Å². The third kappa shape index (κ3) is 5.15. The van der Waals surface area contributed by atoms with Crippen LogP contribution in [0.2, 0.25) is 0 Å². The number of nitrogens with one attached hydrogen (secondary N) is 1. The van der Waals surface area contributed by atoms with E-state index in [0.717, 1.165) is 18.4 Å². The number of imidazole rings is 1. The van der Waals surface area contributed by atoms with Crippen LogP contribution in [0.15, 0.2) is 66.1 Å². The molecule has 0 unspecified atom stereocenters. The molecular weight excluding hydrogens is 586 g/mol. The molecule has 0 radical (unpaired) electrons. The van der Waals surface area contributed by atoms with E-state index in [4.69, 9.17) is 24.2 Å². The van der Waals surface area contributed by atoms with E-state index in [1.807, 2.05) is 17.9 Å². The van der Waals surface area contributed by atoms with Crippen molar-refractivity contribution in [3.63, 3.8) is 0 Å². The molecule has 1 aliphatic rings. The molecule has 0 spiro atoms. The number of nitrogens with zero attached hydrogens (tertiary/aromatic N) is 6. The van der Waals surface area contributed by atoms with E-state index in [2.05, 4.69) is 10.3 Å². The number of hydrogen-bond donors (Lipinski definition) is 2. The maximum absolute atomic E-state index is 13.8. The van der Waals surface area contributed by atoms with Gasteiger partial charge < -0.3 is 34.1 Å². The van der Waals surface area contributed by atoms with Crippen LogP contribution in [0, 0.1) is 6.92 Å². The van der Waals surface area contributed by atoms with Crippen molar-refractivity contribution in [3.05, 3.63) is 66.7 Å². The molecule has 0 bridgehead atoms. The first-order chi connectivity index (χ1) is 21.3. The van der Waals surface area contributed by atoms with Crippen LogP contribution in [0.25, 0.3) is 16.7 Å². The first kappa shape index (κ1) is 29.3. The summed E-state index contributed by atoms with van der Waals surface area (Å²) < 4.78 is 47.1. The van der Waals surface area contributed by atoms with E-state index in [1.165, 1.54) is 17.3 Å². The molecule has 1 aliphatic heterocycles. The molecule has 14 heteroatoms. The average Bonchev–Trinajstić information content (AvgIpc) is 3.80. The summed E-state index contributed by atoms with van der Waals surface area (Å²) in [4.78, 5) is 16.1. The molecule has 6 rings (SSSR count). The van der Waals surface area contributed by atoms with Crippen LogP contribution in [0.1, 0.15) is 18.4 Å². The molecule has 3 aromatic heterocycles. The first-order valence-corrected chi connectivity index (χ1v) is 15.4. The van der Waals surface area contributed by atoms with Gasteiger partial charge in [-0.1, -0.05) is 12.1 Å². The Morgan fingerprint density at radius 1 is 1.05 bits per heavy atom. The number of rotatable bonds is 10. The van der Waals surface area contributed by atoms with Gasteiger partial charge in [0.2, 0.25) is 11.7 Å². The summed E-state index contributed by atoms with van der Waals surface area (Å²) in [5.41, 5.74) is 2.22. The van der Waals surface area contributed by atoms with Gasteiger partial charge in [0.15, 0.2) is 17.3 Å². The monoisotopic (exact) mass is 619 g/mol. The van der Waals surface area contributed by atoms with Crippen molar-refractivity contribution in [2.75, 3.05) is 44.7 Å². The van der Waals surface area contributed by atoms with Crippen molar-refractivity contribution in [3.8, 4) is 22.9 Å². The predicted octanol–water partition coefficient (Wildman–Crippen LogP) is 3.89. The number of methoxy groups -OCH3 is 3. The SMILES string of the molecule is COc1cc(-n2cnc(Nc3nc(N4CCC[C@H]4CO)nc4ccn(S(=O)(=O)c5cccc(C)c5)c34)c2)cc(OC)c1OC. The highest BCUT2D eigenvalue weighted by atomic mass is 32.2. The molecule has 1 saturated heterocycles. The summed E-state index contributed by atoms with van der Waals surface area (Å²) in [6.07, 6.45) is 6.52. The van der Waals surface area contributed by atoms with Crippen LogP contribution >= 0.6 is 0 Å². The van der Waals surface area contributed by atoms with E-state index >= 15 is 0 Å². The number of fused-ring (bicyclic) bond motifs is 1. The van der Waals surface area contributed by atoms with E-state index in [-0.39, 0.29) is 28.9 Å². The number of aliphatic hydroxyl groups excluding tert-OH is 1. The molecule has 1 atom stereocenters. The van der Waals surface area contributed by atoms with Gasteiger partial charge in [0, 0.05) is 24.9 Å². The second kappa shape index (κ2) is 11.7. The van der Waals surface area contributed by atoms with E-state index in [1.54, 1.807) is 67.7 Å². The zero-order chi connectivity index (χ0) is 31.0. The minimum atomic E-state index is -3.99. The molecule has 2 aromatic carbocycles. The van der Waals surface area contributed by atoms with Crippen molar-refractivity contribution in [2.45, 2.75) is 30.7 Å². The molecular formula is C30H33N7O6S. The Hall–Kier alpha value is -4.82. The van der Waals surface area contributed by atoms with Gasteiger partial charge in [-0.3, -0.25) is 0 Å². The molecule has 1 fully saturated rings. The summed E-state index contributed by atoms with van der Waals surface area (Å²) in [6.45, 7) is 2.48. The Balaban J connectivity index is 1.46. The number of ether oxygens (including phenoxy) is 3. The van der Waals surface area contributed by atoms with Gasteiger partial charge in [-0.05, 0) is 43.5 Å². The number of hydrogen-bond acceptors (Lipinski definition) is 11. The summed E-state index contributed by atoms with van der Waals surface area (Å²) in [6, 6.07) is 11.8. The minimum absolute atomic E-state index is 0.0356. The molecule has 13 nitrogen and oxygen atoms in total. The Bertz CT molecular complexity index is 1910. The topological polar surface area (TPSA) is 146 Å². The fourth-order valence-corrected chi connectivity index (χ4v) is 6.92. The molecule has 0 amide bonds. The zero-order valence-electron chi connectivity index (χ0n) is 24.8. The molecule has 5 aromatic rings. The number of anilines is 3. The Morgan fingerprint density at radius 3 is 2.50 bits per heavy atom. The maximum atomic E-state index is 13.8. The quantitative estimate of drug-likeness (QED) is 0.235. The second-order valence-corrected chi connectivity index (χ2v) is 12.2. The van der Waals surface area contributed by atoms with Crippen molar-refractivity contribution >= 4 is 38.6 Å². The largest absolute Gasteiger partial charge is 0.493 e. The first-order valence-electron chi connectivity index (χ1n) is 14.0. The maximum Gasteiger partial charge on any atom is 0.268 e. The number of benzene rings is 2. The second-order valence-electron chi connectivity index (χ2n) is 10.4. The number of aryl methyl sites for hydroxylation is 1. The lowest BCUT2D eigenvalue weighted by Gasteiger charge is -2.23. The van der Waals surface area contributed by atoms with Gasteiger partial charge in [-0.15, -0.1) is 0 Å². The molecule has 0 aliphatic carbocycles. The van der Waals surface area contributed by atoms with Crippen LogP contribution in [0.5, 0.6) is 17.2 Å². The standard InChI is InChI=1S/C30H33N7O6S/c1-19-7-5-9-22(13-19)44(39,40)37-12-10-23-27(37)29(34-30(32-23)36-11-6-8-20(36)17-38)33-26-16-35(18-31-26)21-14-24(41-2)28(43-4)25(15-21)42-3/h5,7,9-10,12-16,18,20,38H,6,8,11,17H2,1-4H3,(H,32,33,34)/t20-/m0/s1. The summed E-state index contributed by atoms with van der Waals surface area (Å²) in [7, 11) is 0.635. The van der Waals surface area contributed by atoms with E-state index in [0.29, 0.717) is 46.8 Å². The van der Waals surface area contributed by atoms with Gasteiger partial charge in [0.05, 0.1) is 56.3 Å². The third-order valence-electron chi connectivity index (χ3n) is 7.66. The lowest BCUT2D eigenvalue weighted by atomic mass is 10.2. The van der Waals surface area contributed by atoms with Gasteiger partial charge in [-0.25, -0.2) is 22.4 Å². The highest BCUT2D eigenvalue weighted by Gasteiger charge is 2.29. The lowest BCUT2D eigenvalue weighted by molar-refractivity contribution is 0.265. The average molecular weight is 620 g/mol. The van der Waals surface area contributed by atoms with Crippen LogP contribution in [-0.2, 0) is 10.0 Å². The fourth-order valence-electron chi connectivity index (χ4n) is 5.47. The molecule has 230 valence electrons. The number of aromatic nitrogens is 5. The zero-order valence-corrected chi connectivity index (χ0v) is 25.6. The summed E-state index contributed by atoms with van der Waals surface area (Å²) in [5, 5.41) is 13.2. The van der Waals surface area contributed by atoms with Crippen molar-refractivity contribution in [1.82, 2.24) is 23.5 Å². The van der Waals surface area contributed by atoms with Crippen LogP contribution < -0.4 is 24.4 Å². The summed E-state index contributed by atoms with van der Waals surface area (Å²) in [5.74, 6) is 2.49. The molecule has 44 heavy (non-hydrogen) atoms. The molecule has 2 N–H and O–H groups in total. The van der Waals surface area contributed by atoms with Crippen molar-refractivity contribution in [1.29, 1.82) is 0 Å². The Morgan fingerprint density at radius 2 is 1.82 bits per heavy atom. The van der Waals surface area contributed by atoms with Gasteiger partial charge in [0.1, 0.15) is 17.7 Å². The fraction of sp³-hybridized carbons (Fsp3) is 0.300. The van der Waals surface area contributed by atoms with Crippen LogP contribution in [0.3, 0.4) is 0 Å². The van der Waals surface area contributed by atoms with Crippen LogP contribution in [-0.4, -0.2) is 77.5 Å². The van der Waals surface area contributed by atoms with Crippen LogP contribution in [0.4, 0.5) is 17.6 Å². The smallest absolute Gasteiger partial charge is 0.268 e. The Kier molecular flexibility index (Phi) is 7.78. The normalized spacial score (nSPS) is 15.1. The van der Waals surface area contributed by atoms with Gasteiger partial charge in [0.25, 0.3) is 10.0 Å². The van der Waals surface area contributed by atoms with E-state index < -0.39 is 10.0 Å². The summed E-state index contributed by atoms with van der Waals surface area (Å²) >= 11 is 0.